The van der Waals surface area contributed by atoms with Gasteiger partial charge in [-0.05, 0) is 48.0 Å². The molecule has 0 unspecified atom stereocenters. The minimum atomic E-state index is -0.583. The van der Waals surface area contributed by atoms with E-state index >= 15 is 0 Å². The monoisotopic (exact) mass is 486 g/mol. The number of hydrogen-bond donors (Lipinski definition) is 0. The number of hydrogen-bond acceptors (Lipinski definition) is 5. The molecule has 0 bridgehead atoms. The van der Waals surface area contributed by atoms with Gasteiger partial charge in [0.05, 0.1) is 17.5 Å². The Morgan fingerprint density at radius 2 is 1.97 bits per heavy atom. The van der Waals surface area contributed by atoms with Gasteiger partial charge in [-0.1, -0.05) is 45.7 Å². The number of furan rings is 1. The number of ether oxygens (including phenoxy) is 1. The van der Waals surface area contributed by atoms with Gasteiger partial charge in [-0.15, -0.1) is 0 Å². The summed E-state index contributed by atoms with van der Waals surface area (Å²) in [6.07, 6.45) is 2.02. The molecule has 0 aliphatic carbocycles. The highest BCUT2D eigenvalue weighted by atomic mass is 79.9. The van der Waals surface area contributed by atoms with Crippen molar-refractivity contribution >= 4 is 45.1 Å². The van der Waals surface area contributed by atoms with Gasteiger partial charge >= 0.3 is 5.97 Å². The Balaban J connectivity index is 1.51. The Labute approximate surface area is 186 Å². The average molecular weight is 488 g/mol. The van der Waals surface area contributed by atoms with Gasteiger partial charge in [0.15, 0.2) is 6.61 Å². The van der Waals surface area contributed by atoms with Crippen molar-refractivity contribution in [2.75, 3.05) is 6.61 Å². The second kappa shape index (κ2) is 8.85. The van der Waals surface area contributed by atoms with Gasteiger partial charge in [0.1, 0.15) is 11.8 Å². The maximum Gasteiger partial charge on any atom is 0.338 e. The molecular weight excluding hydrogens is 472 g/mol. The Morgan fingerprint density at radius 3 is 2.67 bits per heavy atom. The third-order valence-electron chi connectivity index (χ3n) is 4.60. The zero-order chi connectivity index (χ0) is 21.1. The van der Waals surface area contributed by atoms with Crippen molar-refractivity contribution in [3.8, 4) is 0 Å². The lowest BCUT2D eigenvalue weighted by Crippen LogP contribution is -2.31. The van der Waals surface area contributed by atoms with Gasteiger partial charge < -0.3 is 9.15 Å². The molecule has 0 N–H and O–H groups in total. The maximum absolute atomic E-state index is 12.9. The standard InChI is InChI=1S/C22H16BrClN2O4/c23-16-4-1-3-15(11-16)22(28)30-13-21(27)26-19(20-5-2-10-29-20)12-18(25-26)14-6-8-17(24)9-7-14/h1-11,19H,12-13H2/t19-/m1/s1. The second-order valence-corrected chi connectivity index (χ2v) is 7.97. The van der Waals surface area contributed by atoms with Gasteiger partial charge in [0.2, 0.25) is 0 Å². The second-order valence-electron chi connectivity index (χ2n) is 6.61. The Bertz CT molecular complexity index is 1100. The number of halogens is 2. The predicted octanol–water partition coefficient (Wildman–Crippen LogP) is 5.23. The molecule has 1 aliphatic rings. The molecule has 2 heterocycles. The highest BCUT2D eigenvalue weighted by Crippen LogP contribution is 2.33. The molecule has 0 fully saturated rings. The van der Waals surface area contributed by atoms with Gasteiger partial charge in [-0.25, -0.2) is 9.80 Å². The predicted molar refractivity (Wildman–Crippen MR) is 115 cm³/mol. The van der Waals surface area contributed by atoms with Crippen LogP contribution in [-0.2, 0) is 9.53 Å². The molecule has 3 aromatic rings. The summed E-state index contributed by atoms with van der Waals surface area (Å²) < 4.78 is 11.5. The number of carbonyl (C=O) groups excluding carboxylic acids is 2. The first-order chi connectivity index (χ1) is 14.5. The molecule has 6 nitrogen and oxygen atoms in total. The van der Waals surface area contributed by atoms with Crippen LogP contribution in [-0.4, -0.2) is 29.2 Å². The normalized spacial score (nSPS) is 15.7. The number of benzene rings is 2. The van der Waals surface area contributed by atoms with E-state index in [1.165, 1.54) is 5.01 Å². The molecule has 0 spiro atoms. The van der Waals surface area contributed by atoms with Gasteiger partial charge in [0.25, 0.3) is 5.91 Å². The quantitative estimate of drug-likeness (QED) is 0.462. The Morgan fingerprint density at radius 1 is 1.17 bits per heavy atom. The minimum Gasteiger partial charge on any atom is -0.467 e. The summed E-state index contributed by atoms with van der Waals surface area (Å²) in [5, 5.41) is 6.42. The zero-order valence-electron chi connectivity index (χ0n) is 15.6. The first-order valence-corrected chi connectivity index (χ1v) is 10.3. The molecule has 1 amide bonds. The first-order valence-electron chi connectivity index (χ1n) is 9.13. The smallest absolute Gasteiger partial charge is 0.338 e. The Kier molecular flexibility index (Phi) is 6.01. The third-order valence-corrected chi connectivity index (χ3v) is 5.35. The van der Waals surface area contributed by atoms with Gasteiger partial charge in [-0.2, -0.15) is 5.10 Å². The van der Waals surface area contributed by atoms with Crippen LogP contribution in [0.4, 0.5) is 0 Å². The number of hydrazone groups is 1. The van der Waals surface area contributed by atoms with Crippen LogP contribution in [0, 0.1) is 0 Å². The molecule has 1 aliphatic heterocycles. The summed E-state index contributed by atoms with van der Waals surface area (Å²) in [6, 6.07) is 17.1. The SMILES string of the molecule is O=C(OCC(=O)N1N=C(c2ccc(Cl)cc2)C[C@@H]1c1ccco1)c1cccc(Br)c1. The number of amides is 1. The summed E-state index contributed by atoms with van der Waals surface area (Å²) >= 11 is 9.28. The van der Waals surface area contributed by atoms with Crippen molar-refractivity contribution in [1.82, 2.24) is 5.01 Å². The molecule has 1 atom stereocenters. The maximum atomic E-state index is 12.9. The fourth-order valence-corrected chi connectivity index (χ4v) is 3.68. The van der Waals surface area contributed by atoms with Crippen LogP contribution in [0.1, 0.15) is 34.1 Å². The highest BCUT2D eigenvalue weighted by Gasteiger charge is 2.35. The van der Waals surface area contributed by atoms with E-state index in [1.807, 2.05) is 12.1 Å². The van der Waals surface area contributed by atoms with Crippen molar-refractivity contribution in [2.24, 2.45) is 5.10 Å². The third kappa shape index (κ3) is 4.47. The molecule has 8 heteroatoms. The summed E-state index contributed by atoms with van der Waals surface area (Å²) in [5.41, 5.74) is 1.93. The van der Waals surface area contributed by atoms with E-state index in [1.54, 1.807) is 54.8 Å². The lowest BCUT2D eigenvalue weighted by molar-refractivity contribution is -0.136. The van der Waals surface area contributed by atoms with Crippen LogP contribution >= 0.6 is 27.5 Å². The molecular formula is C22H16BrClN2O4. The van der Waals surface area contributed by atoms with E-state index in [0.29, 0.717) is 22.8 Å². The molecule has 0 saturated heterocycles. The number of esters is 1. The van der Waals surface area contributed by atoms with Crippen LogP contribution in [0.3, 0.4) is 0 Å². The van der Waals surface area contributed by atoms with Crippen molar-refractivity contribution < 1.29 is 18.7 Å². The van der Waals surface area contributed by atoms with Crippen LogP contribution in [0.15, 0.2) is 80.9 Å². The molecule has 2 aromatic carbocycles. The molecule has 0 saturated carbocycles. The highest BCUT2D eigenvalue weighted by molar-refractivity contribution is 9.10. The lowest BCUT2D eigenvalue weighted by atomic mass is 10.0. The fraction of sp³-hybridized carbons (Fsp3) is 0.136. The average Bonchev–Trinajstić information content (AvgIpc) is 3.42. The number of carbonyl (C=O) groups is 2. The molecule has 30 heavy (non-hydrogen) atoms. The fourth-order valence-electron chi connectivity index (χ4n) is 3.15. The Hall–Kier alpha value is -2.90. The largest absolute Gasteiger partial charge is 0.467 e. The first kappa shape index (κ1) is 20.4. The van der Waals surface area contributed by atoms with Crippen LogP contribution < -0.4 is 0 Å². The van der Waals surface area contributed by atoms with Gasteiger partial charge in [-0.3, -0.25) is 4.79 Å². The van der Waals surface area contributed by atoms with E-state index in [0.717, 1.165) is 15.7 Å². The zero-order valence-corrected chi connectivity index (χ0v) is 18.0. The minimum absolute atomic E-state index is 0.353. The molecule has 0 radical (unpaired) electrons. The summed E-state index contributed by atoms with van der Waals surface area (Å²) in [5.74, 6) is -0.418. The van der Waals surface area contributed by atoms with Crippen LogP contribution in [0.25, 0.3) is 0 Å². The topological polar surface area (TPSA) is 72.1 Å². The van der Waals surface area contributed by atoms with E-state index in [4.69, 9.17) is 20.8 Å². The van der Waals surface area contributed by atoms with Crippen molar-refractivity contribution in [3.05, 3.63) is 93.3 Å². The van der Waals surface area contributed by atoms with Crippen molar-refractivity contribution in [2.45, 2.75) is 12.5 Å². The molecule has 152 valence electrons. The van der Waals surface area contributed by atoms with Gasteiger partial charge in [0, 0.05) is 15.9 Å². The van der Waals surface area contributed by atoms with Crippen LogP contribution in [0.5, 0.6) is 0 Å². The lowest BCUT2D eigenvalue weighted by Gasteiger charge is -2.19. The molecule has 4 rings (SSSR count). The number of nitrogens with zero attached hydrogens (tertiary/aromatic N) is 2. The summed E-state index contributed by atoms with van der Waals surface area (Å²) in [7, 11) is 0. The van der Waals surface area contributed by atoms with E-state index < -0.39 is 24.5 Å². The van der Waals surface area contributed by atoms with Crippen molar-refractivity contribution in [1.29, 1.82) is 0 Å². The van der Waals surface area contributed by atoms with Crippen LogP contribution in [0.2, 0.25) is 5.02 Å². The molecule has 1 aromatic heterocycles. The van der Waals surface area contributed by atoms with E-state index in [9.17, 15) is 9.59 Å². The summed E-state index contributed by atoms with van der Waals surface area (Å²) in [6.45, 7) is -0.431. The summed E-state index contributed by atoms with van der Waals surface area (Å²) in [4.78, 5) is 25.1. The van der Waals surface area contributed by atoms with E-state index in [2.05, 4.69) is 21.0 Å². The van der Waals surface area contributed by atoms with Crippen molar-refractivity contribution in [3.63, 3.8) is 0 Å². The van der Waals surface area contributed by atoms with E-state index in [-0.39, 0.29) is 0 Å². The number of rotatable bonds is 5.